The van der Waals surface area contributed by atoms with E-state index in [-0.39, 0.29) is 0 Å². The molecule has 0 rings (SSSR count). The maximum atomic E-state index is 12.8. The standard InChI is InChI=1S/C28H58IOP/c1-3-5-7-9-11-13-15-17-19-21-23-25-27-31(29,30)28-26-24-22-20-18-16-14-12-10-8-6-4-2/h3-28H2,1-2H3. The second kappa shape index (κ2) is 25.6. The third-order valence-electron chi connectivity index (χ3n) is 6.69. The molecule has 0 fully saturated rings. The highest BCUT2D eigenvalue weighted by Crippen LogP contribution is 2.55. The first kappa shape index (κ1) is 32.0. The van der Waals surface area contributed by atoms with Gasteiger partial charge in [0.25, 0.3) is 0 Å². The molecule has 0 radical (unpaired) electrons. The number of unbranched alkanes of at least 4 members (excludes halogenated alkanes) is 22. The van der Waals surface area contributed by atoms with E-state index in [1.165, 1.54) is 154 Å². The molecule has 0 aromatic carbocycles. The third kappa shape index (κ3) is 27.1. The average Bonchev–Trinajstić information content (AvgIpc) is 2.75. The van der Waals surface area contributed by atoms with Crippen molar-refractivity contribution >= 4 is 26.8 Å². The first-order valence-electron chi connectivity index (χ1n) is 14.4. The first-order valence-corrected chi connectivity index (χ1v) is 19.3. The molecule has 0 amide bonds. The Balaban J connectivity index is 3.30. The lowest BCUT2D eigenvalue weighted by atomic mass is 10.1. The fourth-order valence-electron chi connectivity index (χ4n) is 4.49. The molecule has 0 unspecified atom stereocenters. The van der Waals surface area contributed by atoms with E-state index in [9.17, 15) is 4.57 Å². The van der Waals surface area contributed by atoms with Gasteiger partial charge < -0.3 is 4.57 Å². The zero-order valence-electron chi connectivity index (χ0n) is 21.6. The van der Waals surface area contributed by atoms with E-state index in [1.807, 2.05) is 0 Å². The Kier molecular flexibility index (Phi) is 26.4. The van der Waals surface area contributed by atoms with Crippen molar-refractivity contribution < 1.29 is 4.57 Å². The van der Waals surface area contributed by atoms with Crippen molar-refractivity contribution in [1.29, 1.82) is 0 Å². The second-order valence-corrected chi connectivity index (χ2v) is 17.8. The van der Waals surface area contributed by atoms with Crippen molar-refractivity contribution in [2.45, 2.75) is 168 Å². The summed E-state index contributed by atoms with van der Waals surface area (Å²) in [7, 11) is 0. The Morgan fingerprint density at radius 1 is 0.387 bits per heavy atom. The Morgan fingerprint density at radius 2 is 0.581 bits per heavy atom. The van der Waals surface area contributed by atoms with E-state index in [0.29, 0.717) is 0 Å². The summed E-state index contributed by atoms with van der Waals surface area (Å²) in [5, 5.41) is 0. The lowest BCUT2D eigenvalue weighted by Crippen LogP contribution is -1.92. The number of hydrogen-bond acceptors (Lipinski definition) is 1. The van der Waals surface area contributed by atoms with E-state index in [2.05, 4.69) is 35.9 Å². The van der Waals surface area contributed by atoms with Gasteiger partial charge in [0.2, 0.25) is 0 Å². The van der Waals surface area contributed by atoms with Crippen LogP contribution in [0.3, 0.4) is 0 Å². The van der Waals surface area contributed by atoms with Crippen LogP contribution in [0.15, 0.2) is 0 Å². The molecular formula is C28H58IOP. The molecule has 0 saturated heterocycles. The first-order chi connectivity index (χ1) is 15.1. The topological polar surface area (TPSA) is 17.1 Å². The Hall–Kier alpha value is 0.960. The van der Waals surface area contributed by atoms with Crippen LogP contribution in [0, 0.1) is 0 Å². The van der Waals surface area contributed by atoms with Gasteiger partial charge in [-0.2, -0.15) is 0 Å². The van der Waals surface area contributed by atoms with Crippen molar-refractivity contribution in [3.8, 4) is 0 Å². The van der Waals surface area contributed by atoms with Gasteiger partial charge in [-0.25, -0.2) is 0 Å². The number of rotatable bonds is 26. The van der Waals surface area contributed by atoms with Crippen molar-refractivity contribution in [2.75, 3.05) is 12.3 Å². The Bertz CT molecular complexity index is 353. The number of hydrogen-bond donors (Lipinski definition) is 0. The van der Waals surface area contributed by atoms with Crippen LogP contribution >= 0.6 is 26.8 Å². The van der Waals surface area contributed by atoms with Gasteiger partial charge in [-0.05, 0) is 34.9 Å². The van der Waals surface area contributed by atoms with Crippen molar-refractivity contribution in [3.63, 3.8) is 0 Å². The van der Waals surface area contributed by atoms with Crippen LogP contribution in [-0.2, 0) is 4.57 Å². The highest BCUT2D eigenvalue weighted by atomic mass is 127. The highest BCUT2D eigenvalue weighted by molar-refractivity contribution is 14.2. The molecule has 1 nitrogen and oxygen atoms in total. The van der Waals surface area contributed by atoms with Gasteiger partial charge in [-0.1, -0.05) is 155 Å². The third-order valence-corrected chi connectivity index (χ3v) is 11.6. The summed E-state index contributed by atoms with van der Waals surface area (Å²) in [4.78, 5) is -1.88. The zero-order valence-corrected chi connectivity index (χ0v) is 24.7. The minimum atomic E-state index is -1.88. The summed E-state index contributed by atoms with van der Waals surface area (Å²) in [6, 6.07) is 0. The summed E-state index contributed by atoms with van der Waals surface area (Å²) in [6.45, 7) is 4.58. The molecular weight excluding hydrogens is 510 g/mol. The fraction of sp³-hybridized carbons (Fsp3) is 1.00. The Labute approximate surface area is 210 Å². The highest BCUT2D eigenvalue weighted by Gasteiger charge is 2.16. The molecule has 0 N–H and O–H groups in total. The molecule has 0 aromatic rings. The number of halogens is 1. The molecule has 0 aromatic heterocycles. The molecule has 3 heteroatoms. The fourth-order valence-corrected chi connectivity index (χ4v) is 8.15. The average molecular weight is 569 g/mol. The molecule has 0 saturated carbocycles. The van der Waals surface area contributed by atoms with E-state index < -0.39 is 4.78 Å². The largest absolute Gasteiger partial charge is 0.313 e. The smallest absolute Gasteiger partial charge is 0.143 e. The molecule has 0 heterocycles. The SMILES string of the molecule is CCCCCCCCCCCCCCP(=O)(I)CCCCCCCCCCCCCC. The van der Waals surface area contributed by atoms with Crippen LogP contribution < -0.4 is 0 Å². The van der Waals surface area contributed by atoms with Crippen molar-refractivity contribution in [3.05, 3.63) is 0 Å². The molecule has 188 valence electrons. The van der Waals surface area contributed by atoms with Crippen LogP contribution in [-0.4, -0.2) is 12.3 Å². The summed E-state index contributed by atoms with van der Waals surface area (Å²) in [5.41, 5.74) is 0. The molecule has 0 aliphatic heterocycles. The maximum absolute atomic E-state index is 12.8. The lowest BCUT2D eigenvalue weighted by Gasteiger charge is -2.11. The van der Waals surface area contributed by atoms with E-state index in [1.54, 1.807) is 0 Å². The molecule has 0 spiro atoms. The van der Waals surface area contributed by atoms with Crippen LogP contribution in [0.1, 0.15) is 168 Å². The molecule has 31 heavy (non-hydrogen) atoms. The minimum Gasteiger partial charge on any atom is -0.313 e. The lowest BCUT2D eigenvalue weighted by molar-refractivity contribution is 0.543. The summed E-state index contributed by atoms with van der Waals surface area (Å²) < 4.78 is 12.8. The monoisotopic (exact) mass is 568 g/mol. The normalized spacial score (nSPS) is 12.0. The van der Waals surface area contributed by atoms with Crippen molar-refractivity contribution in [1.82, 2.24) is 0 Å². The van der Waals surface area contributed by atoms with Gasteiger partial charge >= 0.3 is 0 Å². The van der Waals surface area contributed by atoms with Gasteiger partial charge in [0.05, 0.1) is 0 Å². The second-order valence-electron chi connectivity index (χ2n) is 10.0. The molecule has 0 aliphatic rings. The predicted molar refractivity (Wildman–Crippen MR) is 154 cm³/mol. The van der Waals surface area contributed by atoms with Crippen molar-refractivity contribution in [2.24, 2.45) is 0 Å². The molecule has 0 aliphatic carbocycles. The van der Waals surface area contributed by atoms with E-state index in [0.717, 1.165) is 12.3 Å². The molecule has 0 bridgehead atoms. The van der Waals surface area contributed by atoms with Gasteiger partial charge in [0.1, 0.15) is 4.78 Å². The van der Waals surface area contributed by atoms with E-state index >= 15 is 0 Å². The van der Waals surface area contributed by atoms with Crippen LogP contribution in [0.5, 0.6) is 0 Å². The summed E-state index contributed by atoms with van der Waals surface area (Å²) in [6.07, 6.45) is 35.1. The zero-order chi connectivity index (χ0) is 22.9. The maximum Gasteiger partial charge on any atom is 0.143 e. The van der Waals surface area contributed by atoms with Gasteiger partial charge in [-0.15, -0.1) is 0 Å². The van der Waals surface area contributed by atoms with Gasteiger partial charge in [0, 0.05) is 12.3 Å². The van der Waals surface area contributed by atoms with Crippen LogP contribution in [0.25, 0.3) is 0 Å². The minimum absolute atomic E-state index is 0.989. The van der Waals surface area contributed by atoms with Gasteiger partial charge in [-0.3, -0.25) is 0 Å². The summed E-state index contributed by atoms with van der Waals surface area (Å²) in [5.74, 6) is 0. The van der Waals surface area contributed by atoms with E-state index in [4.69, 9.17) is 0 Å². The quantitative estimate of drug-likeness (QED) is 0.0576. The molecule has 0 atom stereocenters. The van der Waals surface area contributed by atoms with Crippen LogP contribution in [0.2, 0.25) is 0 Å². The van der Waals surface area contributed by atoms with Gasteiger partial charge in [0.15, 0.2) is 0 Å². The predicted octanol–water partition coefficient (Wildman–Crippen LogP) is 12.1. The summed E-state index contributed by atoms with van der Waals surface area (Å²) >= 11 is 2.32. The van der Waals surface area contributed by atoms with Crippen LogP contribution in [0.4, 0.5) is 0 Å². The Morgan fingerprint density at radius 3 is 0.806 bits per heavy atom.